The number of likely N-dealkylation sites (tertiary alicyclic amines) is 1. The number of amides is 1. The van der Waals surface area contributed by atoms with Crippen molar-refractivity contribution in [2.75, 3.05) is 27.3 Å². The van der Waals surface area contributed by atoms with E-state index in [1.54, 1.807) is 20.4 Å². The molecule has 6 heteroatoms. The van der Waals surface area contributed by atoms with Crippen molar-refractivity contribution < 1.29 is 14.3 Å². The Bertz CT molecular complexity index is 776. The zero-order chi connectivity index (χ0) is 19.4. The van der Waals surface area contributed by atoms with E-state index in [2.05, 4.69) is 29.0 Å². The smallest absolute Gasteiger partial charge is 0.251 e. The van der Waals surface area contributed by atoms with E-state index < -0.39 is 0 Å². The summed E-state index contributed by atoms with van der Waals surface area (Å²) in [6, 6.07) is 11.7. The van der Waals surface area contributed by atoms with Gasteiger partial charge in [-0.2, -0.15) is 0 Å². The van der Waals surface area contributed by atoms with Gasteiger partial charge in [-0.05, 0) is 37.6 Å². The third-order valence-corrected chi connectivity index (χ3v) is 5.05. The molecule has 2 heterocycles. The van der Waals surface area contributed by atoms with Gasteiger partial charge in [-0.3, -0.25) is 9.69 Å². The molecule has 3 rings (SSSR count). The van der Waals surface area contributed by atoms with Crippen LogP contribution in [0.15, 0.2) is 42.6 Å². The zero-order valence-electron chi connectivity index (χ0n) is 16.3. The molecule has 2 atom stereocenters. The number of carbonyl (C=O) groups excluding carboxylic acids is 1. The number of carbonyl (C=O) groups is 1. The van der Waals surface area contributed by atoms with Crippen LogP contribution < -0.4 is 10.1 Å². The Balaban J connectivity index is 1.73. The number of pyridine rings is 1. The highest BCUT2D eigenvalue weighted by Gasteiger charge is 2.35. The van der Waals surface area contributed by atoms with Crippen molar-refractivity contribution >= 4 is 5.91 Å². The highest BCUT2D eigenvalue weighted by atomic mass is 16.5. The van der Waals surface area contributed by atoms with E-state index in [0.29, 0.717) is 17.5 Å². The summed E-state index contributed by atoms with van der Waals surface area (Å²) in [5.41, 5.74) is 2.50. The maximum absolute atomic E-state index is 12.8. The minimum Gasteiger partial charge on any atom is -0.481 e. The van der Waals surface area contributed by atoms with Gasteiger partial charge in [-0.1, -0.05) is 12.1 Å². The predicted molar refractivity (Wildman–Crippen MR) is 105 cm³/mol. The number of benzene rings is 1. The minimum absolute atomic E-state index is 0.00493. The Morgan fingerprint density at radius 1 is 1.19 bits per heavy atom. The first-order chi connectivity index (χ1) is 13.0. The number of rotatable bonds is 6. The number of hydrogen-bond acceptors (Lipinski definition) is 5. The molecule has 0 spiro atoms. The Kier molecular flexibility index (Phi) is 6.08. The summed E-state index contributed by atoms with van der Waals surface area (Å²) in [5.74, 6) is 0.477. The van der Waals surface area contributed by atoms with Crippen LogP contribution in [0.2, 0.25) is 0 Å². The fourth-order valence-corrected chi connectivity index (χ4v) is 3.37. The van der Waals surface area contributed by atoms with Gasteiger partial charge in [0.05, 0.1) is 19.3 Å². The fraction of sp³-hybridized carbons (Fsp3) is 0.429. The van der Waals surface area contributed by atoms with Crippen molar-refractivity contribution in [2.45, 2.75) is 32.0 Å². The largest absolute Gasteiger partial charge is 0.481 e. The van der Waals surface area contributed by atoms with E-state index in [9.17, 15) is 4.79 Å². The zero-order valence-corrected chi connectivity index (χ0v) is 16.3. The SMILES string of the molecule is COc1ccc(-c2cccc(C(=O)N[C@H]3CN(C(C)C)C[C@@H]3OC)c2)cn1. The summed E-state index contributed by atoms with van der Waals surface area (Å²) < 4.78 is 10.7. The summed E-state index contributed by atoms with van der Waals surface area (Å²) in [6.45, 7) is 5.94. The molecule has 27 heavy (non-hydrogen) atoms. The summed E-state index contributed by atoms with van der Waals surface area (Å²) >= 11 is 0. The van der Waals surface area contributed by atoms with Gasteiger partial charge in [0.2, 0.25) is 5.88 Å². The molecular formula is C21H27N3O3. The molecule has 1 aliphatic heterocycles. The molecule has 1 aromatic carbocycles. The molecule has 0 bridgehead atoms. The molecule has 1 aromatic heterocycles. The number of nitrogens with one attached hydrogen (secondary N) is 1. The number of methoxy groups -OCH3 is 2. The van der Waals surface area contributed by atoms with E-state index >= 15 is 0 Å². The molecule has 0 saturated carbocycles. The lowest BCUT2D eigenvalue weighted by molar-refractivity contribution is 0.0753. The van der Waals surface area contributed by atoms with Crippen molar-refractivity contribution in [2.24, 2.45) is 0 Å². The second-order valence-corrected chi connectivity index (χ2v) is 7.07. The van der Waals surface area contributed by atoms with Gasteiger partial charge < -0.3 is 14.8 Å². The lowest BCUT2D eigenvalue weighted by atomic mass is 10.0. The highest BCUT2D eigenvalue weighted by Crippen LogP contribution is 2.22. The molecule has 1 aliphatic rings. The number of nitrogens with zero attached hydrogens (tertiary/aromatic N) is 2. The maximum atomic E-state index is 12.8. The second-order valence-electron chi connectivity index (χ2n) is 7.07. The Labute approximate surface area is 160 Å². The monoisotopic (exact) mass is 369 g/mol. The lowest BCUT2D eigenvalue weighted by Gasteiger charge is -2.20. The third kappa shape index (κ3) is 4.46. The van der Waals surface area contributed by atoms with E-state index in [-0.39, 0.29) is 18.1 Å². The quantitative estimate of drug-likeness (QED) is 0.848. The summed E-state index contributed by atoms with van der Waals surface area (Å²) in [6.07, 6.45) is 1.75. The van der Waals surface area contributed by atoms with E-state index in [4.69, 9.17) is 9.47 Å². The van der Waals surface area contributed by atoms with Crippen molar-refractivity contribution in [3.63, 3.8) is 0 Å². The van der Waals surface area contributed by atoms with Gasteiger partial charge in [0, 0.05) is 49.6 Å². The molecule has 0 radical (unpaired) electrons. The van der Waals surface area contributed by atoms with Crippen molar-refractivity contribution in [3.05, 3.63) is 48.2 Å². The number of ether oxygens (including phenoxy) is 2. The second kappa shape index (κ2) is 8.50. The minimum atomic E-state index is -0.0871. The molecular weight excluding hydrogens is 342 g/mol. The maximum Gasteiger partial charge on any atom is 0.251 e. The van der Waals surface area contributed by atoms with Gasteiger partial charge in [0.1, 0.15) is 0 Å². The average molecular weight is 369 g/mol. The number of hydrogen-bond donors (Lipinski definition) is 1. The lowest BCUT2D eigenvalue weighted by Crippen LogP contribution is -2.43. The van der Waals surface area contributed by atoms with Gasteiger partial charge >= 0.3 is 0 Å². The van der Waals surface area contributed by atoms with Gasteiger partial charge in [-0.15, -0.1) is 0 Å². The van der Waals surface area contributed by atoms with Gasteiger partial charge in [0.25, 0.3) is 5.91 Å². The van der Waals surface area contributed by atoms with Gasteiger partial charge in [0.15, 0.2) is 0 Å². The predicted octanol–water partition coefficient (Wildman–Crippen LogP) is 2.59. The van der Waals surface area contributed by atoms with Crippen LogP contribution >= 0.6 is 0 Å². The summed E-state index contributed by atoms with van der Waals surface area (Å²) in [7, 11) is 3.29. The molecule has 1 fully saturated rings. The molecule has 1 amide bonds. The van der Waals surface area contributed by atoms with Crippen molar-refractivity contribution in [1.82, 2.24) is 15.2 Å². The highest BCUT2D eigenvalue weighted by molar-refractivity contribution is 5.95. The molecule has 2 aromatic rings. The average Bonchev–Trinajstić information content (AvgIpc) is 3.11. The van der Waals surface area contributed by atoms with Crippen molar-refractivity contribution in [3.8, 4) is 17.0 Å². The Morgan fingerprint density at radius 2 is 2.00 bits per heavy atom. The normalized spacial score (nSPS) is 20.0. The Morgan fingerprint density at radius 3 is 2.63 bits per heavy atom. The standard InChI is InChI=1S/C21H27N3O3/c1-14(2)24-12-18(19(13-24)26-3)23-21(25)16-7-5-6-15(10-16)17-8-9-20(27-4)22-11-17/h5-11,14,18-19H,12-13H2,1-4H3,(H,23,25)/t18-,19-/m0/s1. The van der Waals surface area contributed by atoms with Crippen LogP contribution in [0.5, 0.6) is 5.88 Å². The van der Waals surface area contributed by atoms with Crippen LogP contribution in [-0.4, -0.2) is 61.3 Å². The number of aromatic nitrogens is 1. The fourth-order valence-electron chi connectivity index (χ4n) is 3.37. The first-order valence-electron chi connectivity index (χ1n) is 9.20. The van der Waals surface area contributed by atoms with E-state index in [1.807, 2.05) is 36.4 Å². The molecule has 0 unspecified atom stereocenters. The summed E-state index contributed by atoms with van der Waals surface area (Å²) in [5, 5.41) is 3.14. The molecule has 0 aliphatic carbocycles. The summed E-state index contributed by atoms with van der Waals surface area (Å²) in [4.78, 5) is 19.4. The van der Waals surface area contributed by atoms with Crippen LogP contribution in [-0.2, 0) is 4.74 Å². The van der Waals surface area contributed by atoms with Crippen molar-refractivity contribution in [1.29, 1.82) is 0 Å². The topological polar surface area (TPSA) is 63.7 Å². The van der Waals surface area contributed by atoms with Gasteiger partial charge in [-0.25, -0.2) is 4.98 Å². The molecule has 6 nitrogen and oxygen atoms in total. The first-order valence-corrected chi connectivity index (χ1v) is 9.20. The molecule has 1 saturated heterocycles. The van der Waals surface area contributed by atoms with E-state index in [0.717, 1.165) is 24.2 Å². The van der Waals surface area contributed by atoms with E-state index in [1.165, 1.54) is 0 Å². The third-order valence-electron chi connectivity index (χ3n) is 5.05. The Hall–Kier alpha value is -2.44. The van der Waals surface area contributed by atoms with Crippen LogP contribution in [0.25, 0.3) is 11.1 Å². The van der Waals surface area contributed by atoms with Crippen LogP contribution in [0, 0.1) is 0 Å². The van der Waals surface area contributed by atoms with Crippen LogP contribution in [0.3, 0.4) is 0 Å². The van der Waals surface area contributed by atoms with Crippen LogP contribution in [0.4, 0.5) is 0 Å². The molecule has 1 N–H and O–H groups in total. The first kappa shape index (κ1) is 19.3. The van der Waals surface area contributed by atoms with Crippen LogP contribution in [0.1, 0.15) is 24.2 Å². The molecule has 144 valence electrons.